The number of rotatable bonds is 13. The molecule has 0 bridgehead atoms. The fourth-order valence-corrected chi connectivity index (χ4v) is 10.7. The third-order valence-electron chi connectivity index (χ3n) is 14.8. The number of ether oxygens (including phenoxy) is 5. The Morgan fingerprint density at radius 1 is 0.931 bits per heavy atom. The second-order valence-electron chi connectivity index (χ2n) is 18.7. The molecule has 4 fully saturated rings. The number of aliphatic hydroxyl groups excluding tert-OH is 1. The molecule has 3 N–H and O–H groups in total. The van der Waals surface area contributed by atoms with Crippen LogP contribution in [-0.2, 0) is 38.1 Å². The summed E-state index contributed by atoms with van der Waals surface area (Å²) in [5, 5.41) is 24.8. The Hall–Kier alpha value is -1.94. The second-order valence-corrected chi connectivity index (χ2v) is 18.7. The average molecular weight is 830 g/mol. The standard InChI is InChI=1S/C44H70F3NO10/c1-11-30(39(52)48-23-44(45,46)47)32-15-14-24(4)37(55-32)28(8)35(50)27(7)36(51)31(12-2)38-25(5)22-26(6)42(56-38)19-16-33(49)43(58-42)21-20-40(10,57-43)34-17-18-41(53,13-3)29(9)54-34/h16,19,24-32,34-35,37-38,50,53H,11-15,17-18,20-23H2,1-10H3,(H,48,52)/t24-,25-,26+,27-,28-,29-,30+,31-,32+,34+,35+,37+,38-,40-,41+,42-,43-/m0/s1. The number of ketones is 2. The maximum absolute atomic E-state index is 14.5. The van der Waals surface area contributed by atoms with Crippen LogP contribution in [0.15, 0.2) is 12.2 Å². The summed E-state index contributed by atoms with van der Waals surface area (Å²) in [6, 6.07) is 0. The van der Waals surface area contributed by atoms with Crippen LogP contribution in [0.25, 0.3) is 0 Å². The lowest BCUT2D eigenvalue weighted by atomic mass is 9.72. The molecule has 11 nitrogen and oxygen atoms in total. The summed E-state index contributed by atoms with van der Waals surface area (Å²) in [6.45, 7) is 17.5. The molecule has 0 aliphatic carbocycles. The maximum Gasteiger partial charge on any atom is 0.405 e. The molecular weight excluding hydrogens is 759 g/mol. The number of hydrogen-bond donors (Lipinski definition) is 3. The number of Topliss-reactive ketones (excluding diaryl/α,β-unsaturated/α-hetero) is 1. The molecule has 17 atom stereocenters. The van der Waals surface area contributed by atoms with Crippen LogP contribution in [-0.4, -0.2) is 99.8 Å². The number of carbonyl (C=O) groups excluding carboxylic acids is 3. The van der Waals surface area contributed by atoms with Crippen molar-refractivity contribution in [1.82, 2.24) is 5.32 Å². The van der Waals surface area contributed by atoms with Crippen molar-refractivity contribution in [1.29, 1.82) is 0 Å². The fraction of sp³-hybridized carbons (Fsp3) is 0.886. The first kappa shape index (κ1) is 47.1. The van der Waals surface area contributed by atoms with Crippen molar-refractivity contribution >= 4 is 17.5 Å². The second kappa shape index (κ2) is 17.8. The van der Waals surface area contributed by atoms with Gasteiger partial charge in [-0.3, -0.25) is 14.4 Å². The molecule has 0 unspecified atom stereocenters. The van der Waals surface area contributed by atoms with Crippen LogP contribution >= 0.6 is 0 Å². The average Bonchev–Trinajstić information content (AvgIpc) is 3.52. The topological polar surface area (TPSA) is 150 Å². The van der Waals surface area contributed by atoms with Gasteiger partial charge in [0.2, 0.25) is 17.5 Å². The van der Waals surface area contributed by atoms with E-state index in [0.29, 0.717) is 51.4 Å². The lowest BCUT2D eigenvalue weighted by molar-refractivity contribution is -0.378. The summed E-state index contributed by atoms with van der Waals surface area (Å²) in [7, 11) is 0. The van der Waals surface area contributed by atoms with Gasteiger partial charge in [0, 0.05) is 30.1 Å². The molecule has 14 heteroatoms. The summed E-state index contributed by atoms with van der Waals surface area (Å²) >= 11 is 0. The van der Waals surface area contributed by atoms with Gasteiger partial charge in [0.15, 0.2) is 5.79 Å². The molecule has 0 aromatic heterocycles. The number of nitrogens with one attached hydrogen (secondary N) is 1. The highest BCUT2D eigenvalue weighted by Gasteiger charge is 2.63. The molecule has 332 valence electrons. The summed E-state index contributed by atoms with van der Waals surface area (Å²) in [5.41, 5.74) is -1.77. The Morgan fingerprint density at radius 3 is 2.21 bits per heavy atom. The van der Waals surface area contributed by atoms with E-state index in [2.05, 4.69) is 0 Å². The van der Waals surface area contributed by atoms with Gasteiger partial charge in [0.1, 0.15) is 12.3 Å². The van der Waals surface area contributed by atoms with Crippen molar-refractivity contribution in [3.8, 4) is 0 Å². The van der Waals surface area contributed by atoms with Gasteiger partial charge >= 0.3 is 6.18 Å². The number of aliphatic hydroxyl groups is 2. The number of alkyl halides is 3. The van der Waals surface area contributed by atoms with Gasteiger partial charge in [-0.25, -0.2) is 0 Å². The molecule has 0 saturated carbocycles. The largest absolute Gasteiger partial charge is 0.405 e. The third kappa shape index (κ3) is 9.28. The molecule has 5 aliphatic heterocycles. The minimum atomic E-state index is -4.53. The predicted molar refractivity (Wildman–Crippen MR) is 209 cm³/mol. The molecule has 5 heterocycles. The van der Waals surface area contributed by atoms with Crippen LogP contribution in [0.5, 0.6) is 0 Å². The van der Waals surface area contributed by atoms with E-state index in [1.54, 1.807) is 19.9 Å². The van der Waals surface area contributed by atoms with E-state index in [1.165, 1.54) is 6.08 Å². The molecule has 5 aliphatic rings. The van der Waals surface area contributed by atoms with Gasteiger partial charge in [-0.05, 0) is 95.6 Å². The summed E-state index contributed by atoms with van der Waals surface area (Å²) in [6.07, 6.45) is -0.0648. The van der Waals surface area contributed by atoms with Gasteiger partial charge in [0.25, 0.3) is 0 Å². The van der Waals surface area contributed by atoms with E-state index >= 15 is 0 Å². The Bertz CT molecular complexity index is 1510. The minimum absolute atomic E-state index is 0.0263. The molecule has 0 aromatic rings. The molecule has 58 heavy (non-hydrogen) atoms. The first-order valence-corrected chi connectivity index (χ1v) is 21.9. The van der Waals surface area contributed by atoms with Gasteiger partial charge in [0.05, 0.1) is 53.7 Å². The lowest BCUT2D eigenvalue weighted by Gasteiger charge is -2.53. The van der Waals surface area contributed by atoms with E-state index in [4.69, 9.17) is 23.7 Å². The Balaban J connectivity index is 1.29. The quantitative estimate of drug-likeness (QED) is 0.177. The number of carbonyl (C=O) groups is 3. The number of amides is 1. The first-order valence-electron chi connectivity index (χ1n) is 21.9. The summed E-state index contributed by atoms with van der Waals surface area (Å²) in [4.78, 5) is 41.0. The van der Waals surface area contributed by atoms with Crippen molar-refractivity contribution < 1.29 is 61.5 Å². The normalized spacial score (nSPS) is 42.2. The molecule has 0 radical (unpaired) electrons. The zero-order valence-electron chi connectivity index (χ0n) is 36.2. The SMILES string of the molecule is CC[C@@H](C(=O)[C@@H](C)[C@@H](O)[C@H](C)[C@@H]1O[C@@H]([C@@H](CC)C(=O)NCC(F)(F)F)CC[C@@H]1C)[C@H]1O[C@]2(C=CC(=O)[C@]3(CC[C@@](C)([C@H]4CC[C@](O)(CC)[C@H](C)O4)O3)O2)[C@H](C)C[C@@H]1C. The van der Waals surface area contributed by atoms with Gasteiger partial charge in [-0.1, -0.05) is 55.4 Å². The van der Waals surface area contributed by atoms with Crippen LogP contribution < -0.4 is 5.32 Å². The number of hydrogen-bond acceptors (Lipinski definition) is 10. The molecule has 5 rings (SSSR count). The monoisotopic (exact) mass is 829 g/mol. The number of halogens is 3. The lowest BCUT2D eigenvalue weighted by Crippen LogP contribution is -2.62. The van der Waals surface area contributed by atoms with E-state index in [1.807, 2.05) is 60.7 Å². The third-order valence-corrected chi connectivity index (χ3v) is 14.8. The van der Waals surface area contributed by atoms with Gasteiger partial charge in [-0.2, -0.15) is 13.2 Å². The van der Waals surface area contributed by atoms with Crippen molar-refractivity contribution in [2.75, 3.05) is 6.54 Å². The molecular formula is C44H70F3NO10. The van der Waals surface area contributed by atoms with Crippen LogP contribution in [0.3, 0.4) is 0 Å². The van der Waals surface area contributed by atoms with Crippen molar-refractivity contribution in [2.24, 2.45) is 41.4 Å². The molecule has 1 amide bonds. The van der Waals surface area contributed by atoms with E-state index < -0.39 is 95.6 Å². The van der Waals surface area contributed by atoms with E-state index in [9.17, 15) is 37.8 Å². The highest BCUT2D eigenvalue weighted by molar-refractivity contribution is 5.97. The maximum atomic E-state index is 14.5. The molecule has 4 saturated heterocycles. The van der Waals surface area contributed by atoms with Crippen LogP contribution in [0.1, 0.15) is 133 Å². The highest BCUT2D eigenvalue weighted by atomic mass is 19.4. The zero-order chi connectivity index (χ0) is 43.2. The molecule has 0 aromatic carbocycles. The molecule has 2 spiro atoms. The smallest absolute Gasteiger partial charge is 0.392 e. The Labute approximate surface area is 342 Å². The van der Waals surface area contributed by atoms with Crippen molar-refractivity contribution in [3.63, 3.8) is 0 Å². The first-order chi connectivity index (χ1) is 27.0. The van der Waals surface area contributed by atoms with Crippen LogP contribution in [0.2, 0.25) is 0 Å². The van der Waals surface area contributed by atoms with Gasteiger partial charge in [-0.15, -0.1) is 0 Å². The highest BCUT2D eigenvalue weighted by Crippen LogP contribution is 2.53. The van der Waals surface area contributed by atoms with Crippen molar-refractivity contribution in [2.45, 2.75) is 199 Å². The summed E-state index contributed by atoms with van der Waals surface area (Å²) < 4.78 is 71.8. The van der Waals surface area contributed by atoms with E-state index in [-0.39, 0.29) is 48.3 Å². The van der Waals surface area contributed by atoms with Crippen LogP contribution in [0, 0.1) is 41.4 Å². The Morgan fingerprint density at radius 2 is 1.60 bits per heavy atom. The van der Waals surface area contributed by atoms with Gasteiger partial charge < -0.3 is 39.2 Å². The van der Waals surface area contributed by atoms with Crippen LogP contribution in [0.4, 0.5) is 13.2 Å². The minimum Gasteiger partial charge on any atom is -0.392 e. The predicted octanol–water partition coefficient (Wildman–Crippen LogP) is 6.99. The fourth-order valence-electron chi connectivity index (χ4n) is 10.7. The van der Waals surface area contributed by atoms with E-state index in [0.717, 1.165) is 0 Å². The van der Waals surface area contributed by atoms with Crippen molar-refractivity contribution in [3.05, 3.63) is 12.2 Å². The zero-order valence-corrected chi connectivity index (χ0v) is 36.2. The Kier molecular flexibility index (Phi) is 14.5. The summed E-state index contributed by atoms with van der Waals surface area (Å²) in [5.74, 6) is -7.22.